The number of rotatable bonds is 6. The van der Waals surface area contributed by atoms with Crippen LogP contribution in [0.2, 0.25) is 0 Å². The molecule has 0 spiro atoms. The second-order valence-electron chi connectivity index (χ2n) is 4.76. The minimum Gasteiger partial charge on any atom is -0.383 e. The van der Waals surface area contributed by atoms with E-state index in [9.17, 15) is 4.39 Å². The molecule has 0 amide bonds. The van der Waals surface area contributed by atoms with Gasteiger partial charge < -0.3 is 4.74 Å². The molecule has 1 unspecified atom stereocenters. The third-order valence-electron chi connectivity index (χ3n) is 3.18. The van der Waals surface area contributed by atoms with Crippen molar-refractivity contribution < 1.29 is 9.13 Å². The van der Waals surface area contributed by atoms with E-state index in [4.69, 9.17) is 10.6 Å². The Balaban J connectivity index is 2.43. The van der Waals surface area contributed by atoms with Gasteiger partial charge in [-0.2, -0.15) is 5.10 Å². The SMILES string of the molecule is COCCn1ncc(Br)c1C(NN)c1cc(C)cc(F)c1. The van der Waals surface area contributed by atoms with E-state index in [1.165, 1.54) is 12.1 Å². The number of aromatic nitrogens is 2. The van der Waals surface area contributed by atoms with Crippen molar-refractivity contribution in [3.63, 3.8) is 0 Å². The Labute approximate surface area is 131 Å². The van der Waals surface area contributed by atoms with Crippen molar-refractivity contribution in [2.24, 2.45) is 5.84 Å². The zero-order chi connectivity index (χ0) is 15.4. The number of hydrazine groups is 1. The number of halogens is 2. The van der Waals surface area contributed by atoms with Gasteiger partial charge in [-0.3, -0.25) is 10.5 Å². The van der Waals surface area contributed by atoms with Gasteiger partial charge in [0.2, 0.25) is 0 Å². The molecule has 0 aliphatic carbocycles. The average Bonchev–Trinajstić information content (AvgIpc) is 2.78. The molecule has 0 aliphatic rings. The molecular formula is C14H18BrFN4O. The van der Waals surface area contributed by atoms with Crippen LogP contribution in [-0.2, 0) is 11.3 Å². The summed E-state index contributed by atoms with van der Waals surface area (Å²) in [6, 6.07) is 4.48. The van der Waals surface area contributed by atoms with Crippen LogP contribution >= 0.6 is 15.9 Å². The van der Waals surface area contributed by atoms with Crippen LogP contribution in [0.1, 0.15) is 22.9 Å². The first kappa shape index (κ1) is 16.1. The van der Waals surface area contributed by atoms with Crippen LogP contribution in [0.3, 0.4) is 0 Å². The van der Waals surface area contributed by atoms with Gasteiger partial charge in [0.15, 0.2) is 0 Å². The predicted octanol–water partition coefficient (Wildman–Crippen LogP) is 2.29. The Bertz CT molecular complexity index is 597. The van der Waals surface area contributed by atoms with Crippen molar-refractivity contribution in [2.75, 3.05) is 13.7 Å². The lowest BCUT2D eigenvalue weighted by Crippen LogP contribution is -2.31. The summed E-state index contributed by atoms with van der Waals surface area (Å²) in [6.45, 7) is 2.96. The van der Waals surface area contributed by atoms with Crippen molar-refractivity contribution >= 4 is 15.9 Å². The second kappa shape index (κ2) is 7.13. The number of methoxy groups -OCH3 is 1. The monoisotopic (exact) mass is 356 g/mol. The molecule has 5 nitrogen and oxygen atoms in total. The Hall–Kier alpha value is -1.28. The number of nitrogens with one attached hydrogen (secondary N) is 1. The Morgan fingerprint density at radius 1 is 1.48 bits per heavy atom. The number of hydrogen-bond acceptors (Lipinski definition) is 4. The third kappa shape index (κ3) is 3.68. The van der Waals surface area contributed by atoms with Gasteiger partial charge in [-0.15, -0.1) is 0 Å². The van der Waals surface area contributed by atoms with Gasteiger partial charge in [0.1, 0.15) is 5.82 Å². The zero-order valence-electron chi connectivity index (χ0n) is 11.9. The first-order valence-electron chi connectivity index (χ1n) is 6.50. The largest absolute Gasteiger partial charge is 0.383 e. The summed E-state index contributed by atoms with van der Waals surface area (Å²) in [5.41, 5.74) is 5.15. The summed E-state index contributed by atoms with van der Waals surface area (Å²) in [5, 5.41) is 4.29. The van der Waals surface area contributed by atoms with E-state index in [1.54, 1.807) is 18.0 Å². The maximum absolute atomic E-state index is 13.6. The van der Waals surface area contributed by atoms with Crippen LogP contribution in [0.15, 0.2) is 28.9 Å². The highest BCUT2D eigenvalue weighted by Crippen LogP contribution is 2.29. The number of aryl methyl sites for hydroxylation is 1. The summed E-state index contributed by atoms with van der Waals surface area (Å²) in [4.78, 5) is 0. The van der Waals surface area contributed by atoms with E-state index in [-0.39, 0.29) is 11.9 Å². The molecule has 0 saturated carbocycles. The lowest BCUT2D eigenvalue weighted by atomic mass is 10.0. The van der Waals surface area contributed by atoms with Crippen molar-refractivity contribution in [3.05, 3.63) is 51.5 Å². The van der Waals surface area contributed by atoms with Gasteiger partial charge in [-0.1, -0.05) is 6.07 Å². The third-order valence-corrected chi connectivity index (χ3v) is 3.79. The highest BCUT2D eigenvalue weighted by atomic mass is 79.9. The maximum atomic E-state index is 13.6. The van der Waals surface area contributed by atoms with Crippen LogP contribution in [0, 0.1) is 12.7 Å². The van der Waals surface area contributed by atoms with Crippen molar-refractivity contribution in [3.8, 4) is 0 Å². The van der Waals surface area contributed by atoms with Gasteiger partial charge >= 0.3 is 0 Å². The Morgan fingerprint density at radius 2 is 2.24 bits per heavy atom. The summed E-state index contributed by atoms with van der Waals surface area (Å²) < 4.78 is 21.3. The van der Waals surface area contributed by atoms with Gasteiger partial charge in [0, 0.05) is 7.11 Å². The fraction of sp³-hybridized carbons (Fsp3) is 0.357. The van der Waals surface area contributed by atoms with E-state index in [1.807, 2.05) is 13.0 Å². The van der Waals surface area contributed by atoms with Crippen molar-refractivity contribution in [2.45, 2.75) is 19.5 Å². The van der Waals surface area contributed by atoms with Crippen LogP contribution < -0.4 is 11.3 Å². The highest BCUT2D eigenvalue weighted by molar-refractivity contribution is 9.10. The molecule has 7 heteroatoms. The smallest absolute Gasteiger partial charge is 0.123 e. The first-order valence-corrected chi connectivity index (χ1v) is 7.29. The van der Waals surface area contributed by atoms with Crippen LogP contribution in [0.5, 0.6) is 0 Å². The minimum absolute atomic E-state index is 0.288. The number of nitrogens with two attached hydrogens (primary N) is 1. The molecule has 1 atom stereocenters. The fourth-order valence-corrected chi connectivity index (χ4v) is 2.80. The standard InChI is InChI=1S/C14H18BrFN4O/c1-9-5-10(7-11(16)6-9)13(19-17)14-12(15)8-18-20(14)3-4-21-2/h5-8,13,19H,3-4,17H2,1-2H3. The Morgan fingerprint density at radius 3 is 2.86 bits per heavy atom. The number of hydrogen-bond donors (Lipinski definition) is 2. The molecule has 114 valence electrons. The quantitative estimate of drug-likeness (QED) is 0.615. The van der Waals surface area contributed by atoms with Crippen LogP contribution in [0.4, 0.5) is 4.39 Å². The molecule has 0 radical (unpaired) electrons. The summed E-state index contributed by atoms with van der Waals surface area (Å²) in [5.74, 6) is 5.41. The van der Waals surface area contributed by atoms with E-state index in [2.05, 4.69) is 26.5 Å². The van der Waals surface area contributed by atoms with Crippen molar-refractivity contribution in [1.82, 2.24) is 15.2 Å². The van der Waals surface area contributed by atoms with Gasteiger partial charge in [-0.25, -0.2) is 9.82 Å². The summed E-state index contributed by atoms with van der Waals surface area (Å²) in [7, 11) is 1.63. The number of benzene rings is 1. The molecule has 1 aromatic heterocycles. The number of ether oxygens (including phenoxy) is 1. The van der Waals surface area contributed by atoms with Crippen LogP contribution in [0.25, 0.3) is 0 Å². The molecule has 0 aliphatic heterocycles. The maximum Gasteiger partial charge on any atom is 0.123 e. The van der Waals surface area contributed by atoms with Crippen molar-refractivity contribution in [1.29, 1.82) is 0 Å². The number of nitrogens with zero attached hydrogens (tertiary/aromatic N) is 2. The van der Waals surface area contributed by atoms with E-state index < -0.39 is 0 Å². The first-order chi connectivity index (χ1) is 10.1. The molecule has 1 aromatic carbocycles. The van der Waals surface area contributed by atoms with Gasteiger partial charge in [0.05, 0.1) is 35.6 Å². The molecule has 3 N–H and O–H groups in total. The molecule has 0 saturated heterocycles. The molecule has 2 aromatic rings. The molecule has 0 bridgehead atoms. The molecule has 1 heterocycles. The topological polar surface area (TPSA) is 65.1 Å². The van der Waals surface area contributed by atoms with Gasteiger partial charge in [-0.05, 0) is 46.1 Å². The zero-order valence-corrected chi connectivity index (χ0v) is 13.5. The predicted molar refractivity (Wildman–Crippen MR) is 82.1 cm³/mol. The second-order valence-corrected chi connectivity index (χ2v) is 5.61. The van der Waals surface area contributed by atoms with E-state index in [0.717, 1.165) is 21.3 Å². The van der Waals surface area contributed by atoms with E-state index >= 15 is 0 Å². The summed E-state index contributed by atoms with van der Waals surface area (Å²) >= 11 is 3.47. The molecular weight excluding hydrogens is 339 g/mol. The molecule has 2 rings (SSSR count). The Kier molecular flexibility index (Phi) is 5.46. The molecule has 0 fully saturated rings. The van der Waals surface area contributed by atoms with Gasteiger partial charge in [0.25, 0.3) is 0 Å². The lowest BCUT2D eigenvalue weighted by Gasteiger charge is -2.19. The highest BCUT2D eigenvalue weighted by Gasteiger charge is 2.21. The van der Waals surface area contributed by atoms with Crippen LogP contribution in [-0.4, -0.2) is 23.5 Å². The summed E-state index contributed by atoms with van der Waals surface area (Å²) in [6.07, 6.45) is 1.70. The fourth-order valence-electron chi connectivity index (χ4n) is 2.28. The minimum atomic E-state index is -0.367. The molecule has 21 heavy (non-hydrogen) atoms. The average molecular weight is 357 g/mol. The van der Waals surface area contributed by atoms with E-state index in [0.29, 0.717) is 13.2 Å². The lowest BCUT2D eigenvalue weighted by molar-refractivity contribution is 0.182. The normalized spacial score (nSPS) is 12.6.